The van der Waals surface area contributed by atoms with E-state index in [1.165, 1.54) is 11.2 Å². The minimum absolute atomic E-state index is 0.155. The number of aromatic nitrogens is 2. The Balaban J connectivity index is 2.03. The average Bonchev–Trinajstić information content (AvgIpc) is 2.41. The molecule has 1 aromatic heterocycles. The van der Waals surface area contributed by atoms with Gasteiger partial charge in [-0.1, -0.05) is 0 Å². The Kier molecular flexibility index (Phi) is 4.14. The third-order valence-corrected chi connectivity index (χ3v) is 2.62. The van der Waals surface area contributed by atoms with Crippen molar-refractivity contribution in [3.8, 4) is 0 Å². The molecule has 0 saturated carbocycles. The van der Waals surface area contributed by atoms with E-state index in [2.05, 4.69) is 20.6 Å². The highest BCUT2D eigenvalue weighted by molar-refractivity contribution is 5.89. The summed E-state index contributed by atoms with van der Waals surface area (Å²) in [6.45, 7) is 1.91. The minimum Gasteiger partial charge on any atom is -0.340 e. The van der Waals surface area contributed by atoms with Crippen molar-refractivity contribution in [3.05, 3.63) is 42.4 Å². The van der Waals surface area contributed by atoms with Gasteiger partial charge in [-0.3, -0.25) is 0 Å². The number of nitrogens with one attached hydrogen (secondary N) is 2. The van der Waals surface area contributed by atoms with Crippen LogP contribution in [-0.2, 0) is 0 Å². The highest BCUT2D eigenvalue weighted by atomic mass is 16.2. The van der Waals surface area contributed by atoms with Gasteiger partial charge in [0, 0.05) is 37.2 Å². The molecule has 0 atom stereocenters. The van der Waals surface area contributed by atoms with Gasteiger partial charge in [-0.25, -0.2) is 14.8 Å². The fraction of sp³-hybridized carbons (Fsp3) is 0.214. The number of carbonyl (C=O) groups is 1. The molecule has 0 spiro atoms. The molecule has 1 heterocycles. The molecule has 104 valence electrons. The van der Waals surface area contributed by atoms with Crippen LogP contribution in [0.1, 0.15) is 5.69 Å². The van der Waals surface area contributed by atoms with Gasteiger partial charge in [-0.05, 0) is 31.2 Å². The molecule has 0 aliphatic carbocycles. The summed E-state index contributed by atoms with van der Waals surface area (Å²) in [6.07, 6.45) is 1.52. The van der Waals surface area contributed by atoms with Crippen molar-refractivity contribution in [1.29, 1.82) is 0 Å². The number of hydrogen-bond donors (Lipinski definition) is 2. The van der Waals surface area contributed by atoms with Crippen LogP contribution in [0, 0.1) is 6.92 Å². The standard InChI is InChI=1S/C14H17N5O/c1-10-8-13(16-9-15-10)17-11-4-6-12(7-5-11)18-14(20)19(2)3/h4-9H,1-3H3,(H,18,20)(H,15,16,17). The van der Waals surface area contributed by atoms with Crippen LogP contribution in [-0.4, -0.2) is 35.0 Å². The maximum Gasteiger partial charge on any atom is 0.321 e. The summed E-state index contributed by atoms with van der Waals surface area (Å²) in [4.78, 5) is 21.2. The Labute approximate surface area is 117 Å². The molecule has 0 aliphatic heterocycles. The van der Waals surface area contributed by atoms with Crippen molar-refractivity contribution in [3.63, 3.8) is 0 Å². The van der Waals surface area contributed by atoms with Crippen molar-refractivity contribution < 1.29 is 4.79 Å². The van der Waals surface area contributed by atoms with Crippen LogP contribution in [0.3, 0.4) is 0 Å². The number of urea groups is 1. The lowest BCUT2D eigenvalue weighted by molar-refractivity contribution is 0.230. The SMILES string of the molecule is Cc1cc(Nc2ccc(NC(=O)N(C)C)cc2)ncn1. The first kappa shape index (κ1) is 13.8. The van der Waals surface area contributed by atoms with Gasteiger partial charge >= 0.3 is 6.03 Å². The van der Waals surface area contributed by atoms with Crippen LogP contribution in [0.2, 0.25) is 0 Å². The van der Waals surface area contributed by atoms with Crippen LogP contribution in [0.25, 0.3) is 0 Å². The second-order valence-corrected chi connectivity index (χ2v) is 4.57. The summed E-state index contributed by atoms with van der Waals surface area (Å²) >= 11 is 0. The molecule has 0 unspecified atom stereocenters. The quantitative estimate of drug-likeness (QED) is 0.900. The van der Waals surface area contributed by atoms with E-state index in [-0.39, 0.29) is 6.03 Å². The second kappa shape index (κ2) is 6.01. The van der Waals surface area contributed by atoms with E-state index in [9.17, 15) is 4.79 Å². The third-order valence-electron chi connectivity index (χ3n) is 2.62. The molecule has 2 amide bonds. The molecule has 6 heteroatoms. The van der Waals surface area contributed by atoms with Gasteiger partial charge in [-0.15, -0.1) is 0 Å². The number of hydrogen-bond acceptors (Lipinski definition) is 4. The molecular formula is C14H17N5O. The number of nitrogens with zero attached hydrogens (tertiary/aromatic N) is 3. The predicted molar refractivity (Wildman–Crippen MR) is 79.2 cm³/mol. The number of anilines is 3. The summed E-state index contributed by atoms with van der Waals surface area (Å²) in [6, 6.07) is 9.13. The van der Waals surface area contributed by atoms with Gasteiger partial charge < -0.3 is 15.5 Å². The van der Waals surface area contributed by atoms with E-state index < -0.39 is 0 Å². The van der Waals surface area contributed by atoms with Crippen LogP contribution >= 0.6 is 0 Å². The molecule has 2 aromatic rings. The lowest BCUT2D eigenvalue weighted by atomic mass is 10.2. The third kappa shape index (κ3) is 3.68. The number of rotatable bonds is 3. The monoisotopic (exact) mass is 271 g/mol. The Hall–Kier alpha value is -2.63. The largest absolute Gasteiger partial charge is 0.340 e. The van der Waals surface area contributed by atoms with Gasteiger partial charge in [0.2, 0.25) is 0 Å². The predicted octanol–water partition coefficient (Wildman–Crippen LogP) is 2.62. The molecule has 1 aromatic carbocycles. The zero-order valence-electron chi connectivity index (χ0n) is 11.7. The summed E-state index contributed by atoms with van der Waals surface area (Å²) < 4.78 is 0. The van der Waals surface area contributed by atoms with Gasteiger partial charge in [-0.2, -0.15) is 0 Å². The zero-order valence-corrected chi connectivity index (χ0v) is 11.7. The summed E-state index contributed by atoms with van der Waals surface area (Å²) in [5.74, 6) is 0.738. The highest BCUT2D eigenvalue weighted by Gasteiger charge is 2.03. The van der Waals surface area contributed by atoms with Crippen LogP contribution in [0.4, 0.5) is 22.0 Å². The number of benzene rings is 1. The van der Waals surface area contributed by atoms with E-state index in [1.54, 1.807) is 14.1 Å². The van der Waals surface area contributed by atoms with E-state index in [0.717, 1.165) is 22.9 Å². The number of aryl methyl sites for hydroxylation is 1. The van der Waals surface area contributed by atoms with Crippen molar-refractivity contribution in [1.82, 2.24) is 14.9 Å². The molecule has 20 heavy (non-hydrogen) atoms. The smallest absolute Gasteiger partial charge is 0.321 e. The van der Waals surface area contributed by atoms with E-state index in [4.69, 9.17) is 0 Å². The Morgan fingerprint density at radius 2 is 1.75 bits per heavy atom. The first-order valence-electron chi connectivity index (χ1n) is 6.18. The van der Waals surface area contributed by atoms with Gasteiger partial charge in [0.05, 0.1) is 0 Å². The zero-order chi connectivity index (χ0) is 14.5. The second-order valence-electron chi connectivity index (χ2n) is 4.57. The Bertz CT molecular complexity index is 595. The van der Waals surface area contributed by atoms with Gasteiger partial charge in [0.1, 0.15) is 12.1 Å². The molecule has 0 fully saturated rings. The van der Waals surface area contributed by atoms with Gasteiger partial charge in [0.25, 0.3) is 0 Å². The summed E-state index contributed by atoms with van der Waals surface area (Å²) in [5, 5.41) is 5.95. The van der Waals surface area contributed by atoms with Crippen molar-refractivity contribution >= 4 is 23.2 Å². The molecule has 2 N–H and O–H groups in total. The highest BCUT2D eigenvalue weighted by Crippen LogP contribution is 2.17. The van der Waals surface area contributed by atoms with Gasteiger partial charge in [0.15, 0.2) is 0 Å². The van der Waals surface area contributed by atoms with Crippen LogP contribution < -0.4 is 10.6 Å². The summed E-state index contributed by atoms with van der Waals surface area (Å²) in [5.41, 5.74) is 2.54. The number of amides is 2. The molecule has 6 nitrogen and oxygen atoms in total. The lowest BCUT2D eigenvalue weighted by Crippen LogP contribution is -2.27. The molecule has 0 radical (unpaired) electrons. The number of carbonyl (C=O) groups excluding carboxylic acids is 1. The lowest BCUT2D eigenvalue weighted by Gasteiger charge is -2.12. The Morgan fingerprint density at radius 3 is 2.35 bits per heavy atom. The first-order chi connectivity index (χ1) is 9.54. The fourth-order valence-electron chi connectivity index (χ4n) is 1.54. The first-order valence-corrected chi connectivity index (χ1v) is 6.18. The summed E-state index contributed by atoms with van der Waals surface area (Å²) in [7, 11) is 3.39. The van der Waals surface area contributed by atoms with Crippen molar-refractivity contribution in [2.24, 2.45) is 0 Å². The molecular weight excluding hydrogens is 254 g/mol. The maximum atomic E-state index is 11.5. The van der Waals surface area contributed by atoms with Crippen molar-refractivity contribution in [2.75, 3.05) is 24.7 Å². The normalized spacial score (nSPS) is 9.95. The molecule has 2 rings (SSSR count). The maximum absolute atomic E-state index is 11.5. The van der Waals surface area contributed by atoms with E-state index in [1.807, 2.05) is 37.3 Å². The van der Waals surface area contributed by atoms with Crippen LogP contribution in [0.15, 0.2) is 36.7 Å². The molecule has 0 aliphatic rings. The Morgan fingerprint density at radius 1 is 1.10 bits per heavy atom. The average molecular weight is 271 g/mol. The van der Waals surface area contributed by atoms with Crippen LogP contribution in [0.5, 0.6) is 0 Å². The van der Waals surface area contributed by atoms with Crippen molar-refractivity contribution in [2.45, 2.75) is 6.92 Å². The topological polar surface area (TPSA) is 70.2 Å². The van der Waals surface area contributed by atoms with E-state index in [0.29, 0.717) is 0 Å². The minimum atomic E-state index is -0.155. The molecule has 0 bridgehead atoms. The molecule has 0 saturated heterocycles. The van der Waals surface area contributed by atoms with E-state index >= 15 is 0 Å². The fourth-order valence-corrected chi connectivity index (χ4v) is 1.54.